The molecule has 0 saturated carbocycles. The van der Waals surface area contributed by atoms with Crippen molar-refractivity contribution in [3.8, 4) is 11.5 Å². The van der Waals surface area contributed by atoms with Crippen LogP contribution < -0.4 is 25.6 Å². The van der Waals surface area contributed by atoms with E-state index < -0.39 is 23.7 Å². The van der Waals surface area contributed by atoms with E-state index in [2.05, 4.69) is 20.9 Å². The highest BCUT2D eigenvalue weighted by Crippen LogP contribution is 2.32. The molecule has 11 nitrogen and oxygen atoms in total. The number of aromatic hydroxyl groups is 1. The van der Waals surface area contributed by atoms with Gasteiger partial charge in [-0.25, -0.2) is 0 Å². The highest BCUT2D eigenvalue weighted by molar-refractivity contribution is 6.20. The number of aromatic nitrogens is 1. The number of aryl methyl sites for hydroxylation is 1. The van der Waals surface area contributed by atoms with Crippen LogP contribution in [0.2, 0.25) is 0 Å². The number of carbonyl (C=O) groups excluding carboxylic acids is 4. The molecule has 0 aliphatic carbocycles. The molecule has 1 aliphatic heterocycles. The predicted molar refractivity (Wildman–Crippen MR) is 201 cm³/mol. The number of amides is 3. The van der Waals surface area contributed by atoms with E-state index in [1.807, 2.05) is 17.0 Å². The Balaban J connectivity index is 1.09. The van der Waals surface area contributed by atoms with Crippen LogP contribution in [-0.4, -0.2) is 70.4 Å². The Labute approximate surface area is 307 Å². The van der Waals surface area contributed by atoms with Crippen molar-refractivity contribution in [3.05, 3.63) is 107 Å². The lowest BCUT2D eigenvalue weighted by atomic mass is 10.1. The summed E-state index contributed by atoms with van der Waals surface area (Å²) in [4.78, 5) is 57.6. The predicted octanol–water partition coefficient (Wildman–Crippen LogP) is 7.03. The van der Waals surface area contributed by atoms with E-state index >= 15 is 0 Å². The molecule has 1 atom stereocenters. The highest BCUT2D eigenvalue weighted by atomic mass is 35.5. The van der Waals surface area contributed by atoms with Crippen molar-refractivity contribution in [2.45, 2.75) is 12.5 Å². The largest absolute Gasteiger partial charge is 0.508 e. The molecule has 1 aromatic heterocycles. The van der Waals surface area contributed by atoms with Gasteiger partial charge in [0.2, 0.25) is 11.9 Å². The molecule has 1 unspecified atom stereocenters. The summed E-state index contributed by atoms with van der Waals surface area (Å²) in [7, 11) is 0. The molecule has 0 saturated heterocycles. The molecule has 6 rings (SSSR count). The lowest BCUT2D eigenvalue weighted by molar-refractivity contribution is -0.120. The number of phenolic OH excluding ortho intramolecular Hbond substituents is 1. The average molecular weight is 749 g/mol. The molecule has 0 bridgehead atoms. The molecule has 0 spiro atoms. The number of hydrogen-bond acceptors (Lipinski definition) is 7. The quantitative estimate of drug-likeness (QED) is 0.0641. The summed E-state index contributed by atoms with van der Waals surface area (Å²) in [5, 5.41) is 18.8. The van der Waals surface area contributed by atoms with Crippen molar-refractivity contribution in [1.29, 1.82) is 0 Å². The number of alkyl halides is 3. The van der Waals surface area contributed by atoms with Crippen molar-refractivity contribution >= 4 is 92.0 Å². The Hall–Kier alpha value is -5.23. The number of aromatic amines is 1. The third-order valence-electron chi connectivity index (χ3n) is 8.27. The number of fused-ring (bicyclic) bond motifs is 2. The third-order valence-corrected chi connectivity index (χ3v) is 8.79. The molecule has 0 fully saturated rings. The molecule has 1 aliphatic rings. The molecular weight excluding hydrogens is 717 g/mol. The normalized spacial score (nSPS) is 13.4. The number of nitrogens with zero attached hydrogens (tertiary/aromatic N) is 1. The van der Waals surface area contributed by atoms with Crippen LogP contribution in [-0.2, 0) is 11.2 Å². The van der Waals surface area contributed by atoms with Crippen LogP contribution in [0, 0.1) is 0 Å². The van der Waals surface area contributed by atoms with Gasteiger partial charge in [-0.3, -0.25) is 19.2 Å². The lowest BCUT2D eigenvalue weighted by Crippen LogP contribution is -2.35. The zero-order valence-corrected chi connectivity index (χ0v) is 29.2. The van der Waals surface area contributed by atoms with Crippen molar-refractivity contribution in [2.75, 3.05) is 51.6 Å². The number of rotatable bonds is 13. The number of nitrogens with one attached hydrogen (secondary N) is 4. The first-order valence-electron chi connectivity index (χ1n) is 15.9. The molecule has 2 heterocycles. The van der Waals surface area contributed by atoms with Crippen LogP contribution in [0.4, 0.5) is 22.7 Å². The maximum Gasteiger partial charge on any atom is 0.273 e. The van der Waals surface area contributed by atoms with Gasteiger partial charge in [-0.05, 0) is 84.8 Å². The zero-order valence-electron chi connectivity index (χ0n) is 27.0. The van der Waals surface area contributed by atoms with Crippen LogP contribution in [0.15, 0.2) is 84.9 Å². The van der Waals surface area contributed by atoms with Crippen LogP contribution in [0.5, 0.6) is 11.5 Å². The van der Waals surface area contributed by atoms with Gasteiger partial charge in [0.15, 0.2) is 0 Å². The molecule has 0 radical (unpaired) electrons. The van der Waals surface area contributed by atoms with E-state index in [1.54, 1.807) is 48.5 Å². The fraction of sp³-hybridized carbons (Fsp3) is 0.189. The molecule has 262 valence electrons. The summed E-state index contributed by atoms with van der Waals surface area (Å²) in [5.41, 5.74) is 4.34. The van der Waals surface area contributed by atoms with Gasteiger partial charge in [0.1, 0.15) is 17.2 Å². The minimum Gasteiger partial charge on any atom is -0.508 e. The number of Topliss-reactive ketones (excluding diaryl/α,β-unsaturated/α-hetero) is 1. The van der Waals surface area contributed by atoms with Gasteiger partial charge in [0.05, 0.1) is 5.56 Å². The van der Waals surface area contributed by atoms with E-state index in [4.69, 9.17) is 39.5 Å². The number of phenols is 1. The van der Waals surface area contributed by atoms with E-state index in [1.165, 1.54) is 24.3 Å². The topological polar surface area (TPSA) is 153 Å². The van der Waals surface area contributed by atoms with Gasteiger partial charge in [0, 0.05) is 76.0 Å². The van der Waals surface area contributed by atoms with Crippen molar-refractivity contribution < 1.29 is 29.0 Å². The summed E-state index contributed by atoms with van der Waals surface area (Å²) in [6.07, 6.45) is -0.931. The number of benzene rings is 4. The maximum absolute atomic E-state index is 13.3. The van der Waals surface area contributed by atoms with Gasteiger partial charge in [0.25, 0.3) is 17.7 Å². The van der Waals surface area contributed by atoms with E-state index in [9.17, 15) is 24.3 Å². The molecular formula is C37H32Cl3N5O6. The van der Waals surface area contributed by atoms with Crippen LogP contribution in [0.1, 0.15) is 36.8 Å². The number of halogens is 3. The van der Waals surface area contributed by atoms with Crippen LogP contribution >= 0.6 is 34.8 Å². The number of hydrogen-bond donors (Lipinski definition) is 5. The van der Waals surface area contributed by atoms with Crippen LogP contribution in [0.3, 0.4) is 0 Å². The van der Waals surface area contributed by atoms with E-state index in [0.29, 0.717) is 70.7 Å². The Kier molecular flexibility index (Phi) is 11.0. The third kappa shape index (κ3) is 8.06. The van der Waals surface area contributed by atoms with Crippen molar-refractivity contribution in [1.82, 2.24) is 4.98 Å². The number of carbonyl (C=O) groups is 4. The standard InChI is InChI=1S/C37H32Cl3N5O6/c38-12-11-21-3-8-27(46)20-30(21)44-36(49)31-18-23-17-24(4-9-29(23)43-31)42-37(50)34-33(47)28-19-25(5-10-32(28)51-34)41-35(48)22-1-6-26(7-2-22)45(15-13-39)16-14-40/h1-10,17-20,34,43,46H,11-16H2,(H,41,48)(H,42,50)(H,44,49). The summed E-state index contributed by atoms with van der Waals surface area (Å²) in [6.45, 7) is 1.24. The Morgan fingerprint density at radius 2 is 1.51 bits per heavy atom. The van der Waals surface area contributed by atoms with Crippen molar-refractivity contribution in [2.24, 2.45) is 0 Å². The smallest absolute Gasteiger partial charge is 0.273 e. The molecule has 5 aromatic rings. The first kappa shape index (κ1) is 35.6. The molecule has 14 heteroatoms. The first-order valence-corrected chi connectivity index (χ1v) is 17.5. The Morgan fingerprint density at radius 1 is 0.784 bits per heavy atom. The fourth-order valence-corrected chi connectivity index (χ4v) is 6.34. The van der Waals surface area contributed by atoms with E-state index in [-0.39, 0.29) is 28.7 Å². The number of ether oxygens (including phenoxy) is 1. The highest BCUT2D eigenvalue weighted by Gasteiger charge is 2.38. The number of H-pyrrole nitrogens is 1. The van der Waals surface area contributed by atoms with E-state index in [0.717, 1.165) is 11.3 Å². The van der Waals surface area contributed by atoms with Crippen LogP contribution in [0.25, 0.3) is 10.9 Å². The second-order valence-electron chi connectivity index (χ2n) is 11.6. The van der Waals surface area contributed by atoms with Gasteiger partial charge in [-0.1, -0.05) is 6.07 Å². The Bertz CT molecular complexity index is 2110. The SMILES string of the molecule is O=C(Nc1ccc2c(c1)C(=O)C(C(=O)Nc1ccc3[nH]c(C(=O)Nc4cc(O)ccc4CCCl)cc3c1)O2)c1ccc(N(CCCl)CCCl)cc1. The summed E-state index contributed by atoms with van der Waals surface area (Å²) in [6, 6.07) is 22.9. The minimum atomic E-state index is -1.44. The van der Waals surface area contributed by atoms with Crippen molar-refractivity contribution in [3.63, 3.8) is 0 Å². The average Bonchev–Trinajstić information content (AvgIpc) is 3.70. The minimum absolute atomic E-state index is 0.00709. The molecule has 4 aromatic carbocycles. The Morgan fingerprint density at radius 3 is 2.24 bits per heavy atom. The van der Waals surface area contributed by atoms with Gasteiger partial charge < -0.3 is 35.7 Å². The van der Waals surface area contributed by atoms with Gasteiger partial charge >= 0.3 is 0 Å². The number of ketones is 1. The monoisotopic (exact) mass is 747 g/mol. The summed E-state index contributed by atoms with van der Waals surface area (Å²) >= 11 is 17.7. The molecule has 3 amide bonds. The second kappa shape index (κ2) is 15.8. The summed E-state index contributed by atoms with van der Waals surface area (Å²) in [5.74, 6) is -0.580. The second-order valence-corrected chi connectivity index (χ2v) is 12.8. The van der Waals surface area contributed by atoms with Gasteiger partial charge in [-0.15, -0.1) is 34.8 Å². The number of anilines is 4. The van der Waals surface area contributed by atoms with Gasteiger partial charge in [-0.2, -0.15) is 0 Å². The lowest BCUT2D eigenvalue weighted by Gasteiger charge is -2.22. The summed E-state index contributed by atoms with van der Waals surface area (Å²) < 4.78 is 5.71. The fourth-order valence-electron chi connectivity index (χ4n) is 5.73. The molecule has 51 heavy (non-hydrogen) atoms. The maximum atomic E-state index is 13.3. The first-order chi connectivity index (χ1) is 24.7. The molecule has 5 N–H and O–H groups in total. The zero-order chi connectivity index (χ0) is 36.1.